The lowest BCUT2D eigenvalue weighted by molar-refractivity contribution is -0.384. The topological polar surface area (TPSA) is 103 Å². The van der Waals surface area contributed by atoms with E-state index in [9.17, 15) is 14.9 Å². The second-order valence-electron chi connectivity index (χ2n) is 7.87. The molecule has 1 heterocycles. The predicted octanol–water partition coefficient (Wildman–Crippen LogP) is 5.48. The van der Waals surface area contributed by atoms with Gasteiger partial charge in [0.25, 0.3) is 5.69 Å². The van der Waals surface area contributed by atoms with Gasteiger partial charge in [-0.25, -0.2) is 4.79 Å². The number of amides is 2. The summed E-state index contributed by atoms with van der Waals surface area (Å²) in [5, 5.41) is 14.4. The molecule has 0 radical (unpaired) electrons. The molecule has 0 saturated carbocycles. The fraction of sp³-hybridized carbons (Fsp3) is 0.240. The molecule has 3 aromatic rings. The van der Waals surface area contributed by atoms with Crippen molar-refractivity contribution in [3.8, 4) is 17.2 Å². The molecule has 0 unspecified atom stereocenters. The summed E-state index contributed by atoms with van der Waals surface area (Å²) in [5.41, 5.74) is 2.44. The molecule has 0 aliphatic carbocycles. The molecule has 3 aromatic carbocycles. The smallest absolute Gasteiger partial charge is 0.322 e. The van der Waals surface area contributed by atoms with E-state index in [0.717, 1.165) is 11.1 Å². The van der Waals surface area contributed by atoms with Crippen LogP contribution in [0.3, 0.4) is 0 Å². The summed E-state index contributed by atoms with van der Waals surface area (Å²) in [6.45, 7) is 0.576. The van der Waals surface area contributed by atoms with Crippen molar-refractivity contribution in [2.45, 2.75) is 12.5 Å². The molecule has 2 amide bonds. The number of benzene rings is 3. The minimum absolute atomic E-state index is 0.0280. The van der Waals surface area contributed by atoms with Crippen LogP contribution in [0.25, 0.3) is 0 Å². The highest BCUT2D eigenvalue weighted by Crippen LogP contribution is 2.38. The summed E-state index contributed by atoms with van der Waals surface area (Å²) in [7, 11) is 3.13. The fourth-order valence-corrected chi connectivity index (χ4v) is 4.24. The standard InChI is InChI=1S/C25H24ClN3O6/c1-33-23-12-16-10-11-28(25(30)27-18-5-3-4-17(26)13-18)22(21(16)14-24(23)34-2)15-35-20-8-6-19(7-9-20)29(31)32/h3-9,12-14,22H,10-11,15H2,1-2H3,(H,27,30)/t22-/m1/s1. The predicted molar refractivity (Wildman–Crippen MR) is 132 cm³/mol. The van der Waals surface area contributed by atoms with Gasteiger partial charge in [0.2, 0.25) is 0 Å². The van der Waals surface area contributed by atoms with E-state index in [0.29, 0.717) is 40.9 Å². The number of nitro benzene ring substituents is 1. The minimum Gasteiger partial charge on any atom is -0.493 e. The molecular weight excluding hydrogens is 474 g/mol. The number of halogens is 1. The average molecular weight is 498 g/mol. The van der Waals surface area contributed by atoms with Crippen molar-refractivity contribution in [1.29, 1.82) is 0 Å². The Labute approximate surface area is 207 Å². The summed E-state index contributed by atoms with van der Waals surface area (Å²) >= 11 is 6.07. The van der Waals surface area contributed by atoms with Crippen molar-refractivity contribution in [1.82, 2.24) is 4.90 Å². The van der Waals surface area contributed by atoms with Crippen LogP contribution in [0.2, 0.25) is 5.02 Å². The highest BCUT2D eigenvalue weighted by molar-refractivity contribution is 6.30. The number of nitrogens with one attached hydrogen (secondary N) is 1. The Balaban J connectivity index is 1.63. The Morgan fingerprint density at radius 3 is 2.49 bits per heavy atom. The van der Waals surface area contributed by atoms with Gasteiger partial charge in [-0.2, -0.15) is 0 Å². The molecule has 1 aliphatic heterocycles. The molecule has 0 bridgehead atoms. The van der Waals surface area contributed by atoms with Gasteiger partial charge in [-0.05, 0) is 60.0 Å². The summed E-state index contributed by atoms with van der Waals surface area (Å²) in [6.07, 6.45) is 0.618. The number of carbonyl (C=O) groups is 1. The molecule has 1 N–H and O–H groups in total. The van der Waals surface area contributed by atoms with Crippen LogP contribution in [0.15, 0.2) is 60.7 Å². The SMILES string of the molecule is COc1cc2c(cc1OC)[C@@H](COc1ccc([N+](=O)[O-])cc1)N(C(=O)Nc1cccc(Cl)c1)CC2. The third-order valence-electron chi connectivity index (χ3n) is 5.79. The van der Waals surface area contributed by atoms with Crippen LogP contribution in [-0.2, 0) is 6.42 Å². The third kappa shape index (κ3) is 5.41. The highest BCUT2D eigenvalue weighted by atomic mass is 35.5. The number of rotatable bonds is 7. The Kier molecular flexibility index (Phi) is 7.26. The number of anilines is 1. The zero-order valence-corrected chi connectivity index (χ0v) is 19.9. The molecule has 1 atom stereocenters. The number of hydrogen-bond donors (Lipinski definition) is 1. The molecular formula is C25H24ClN3O6. The zero-order chi connectivity index (χ0) is 24.9. The normalized spacial score (nSPS) is 14.6. The molecule has 0 spiro atoms. The van der Waals surface area contributed by atoms with Gasteiger partial charge < -0.3 is 24.4 Å². The van der Waals surface area contributed by atoms with Crippen molar-refractivity contribution in [3.05, 3.63) is 86.9 Å². The summed E-state index contributed by atoms with van der Waals surface area (Å²) in [6, 6.07) is 15.8. The van der Waals surface area contributed by atoms with Gasteiger partial charge in [0.15, 0.2) is 11.5 Å². The Hall–Kier alpha value is -3.98. The highest BCUT2D eigenvalue weighted by Gasteiger charge is 2.33. The first-order valence-corrected chi connectivity index (χ1v) is 11.2. The van der Waals surface area contributed by atoms with E-state index in [1.165, 1.54) is 24.3 Å². The number of methoxy groups -OCH3 is 2. The Morgan fingerprint density at radius 2 is 1.83 bits per heavy atom. The van der Waals surface area contributed by atoms with Gasteiger partial charge in [0.1, 0.15) is 12.4 Å². The summed E-state index contributed by atoms with van der Waals surface area (Å²) in [5.74, 6) is 1.61. The van der Waals surface area contributed by atoms with E-state index in [1.54, 1.807) is 43.4 Å². The molecule has 0 saturated heterocycles. The van der Waals surface area contributed by atoms with E-state index in [2.05, 4.69) is 5.32 Å². The fourth-order valence-electron chi connectivity index (χ4n) is 4.05. The lowest BCUT2D eigenvalue weighted by Gasteiger charge is -2.37. The summed E-state index contributed by atoms with van der Waals surface area (Å²) < 4.78 is 16.9. The average Bonchev–Trinajstić information content (AvgIpc) is 2.86. The van der Waals surface area contributed by atoms with Gasteiger partial charge in [-0.15, -0.1) is 0 Å². The number of nitrogens with zero attached hydrogens (tertiary/aromatic N) is 2. The largest absolute Gasteiger partial charge is 0.493 e. The van der Waals surface area contributed by atoms with Crippen LogP contribution in [0.4, 0.5) is 16.2 Å². The van der Waals surface area contributed by atoms with Crippen LogP contribution < -0.4 is 19.5 Å². The minimum atomic E-state index is -0.470. The molecule has 0 aromatic heterocycles. The maximum Gasteiger partial charge on any atom is 0.322 e. The monoisotopic (exact) mass is 497 g/mol. The van der Waals surface area contributed by atoms with Crippen LogP contribution in [0.5, 0.6) is 17.2 Å². The van der Waals surface area contributed by atoms with Crippen LogP contribution in [0.1, 0.15) is 17.2 Å². The van der Waals surface area contributed by atoms with Crippen molar-refractivity contribution in [3.63, 3.8) is 0 Å². The van der Waals surface area contributed by atoms with Gasteiger partial charge in [0.05, 0.1) is 25.2 Å². The summed E-state index contributed by atoms with van der Waals surface area (Å²) in [4.78, 5) is 25.5. The van der Waals surface area contributed by atoms with Gasteiger partial charge in [-0.1, -0.05) is 17.7 Å². The van der Waals surface area contributed by atoms with Gasteiger partial charge in [0, 0.05) is 29.4 Å². The van der Waals surface area contributed by atoms with E-state index in [-0.39, 0.29) is 18.3 Å². The number of non-ortho nitro benzene ring substituents is 1. The Morgan fingerprint density at radius 1 is 1.11 bits per heavy atom. The quantitative estimate of drug-likeness (QED) is 0.342. The molecule has 0 fully saturated rings. The number of carbonyl (C=O) groups excluding carboxylic acids is 1. The number of fused-ring (bicyclic) bond motifs is 1. The van der Waals surface area contributed by atoms with Gasteiger partial charge >= 0.3 is 6.03 Å². The van der Waals surface area contributed by atoms with E-state index >= 15 is 0 Å². The molecule has 9 nitrogen and oxygen atoms in total. The lowest BCUT2D eigenvalue weighted by atomic mass is 9.92. The van der Waals surface area contributed by atoms with E-state index < -0.39 is 11.0 Å². The second kappa shape index (κ2) is 10.5. The van der Waals surface area contributed by atoms with Crippen molar-refractivity contribution in [2.24, 2.45) is 0 Å². The number of hydrogen-bond acceptors (Lipinski definition) is 6. The molecule has 182 valence electrons. The molecule has 4 rings (SSSR count). The van der Waals surface area contributed by atoms with Gasteiger partial charge in [-0.3, -0.25) is 10.1 Å². The Bertz CT molecular complexity index is 1230. The number of urea groups is 1. The number of ether oxygens (including phenoxy) is 3. The van der Waals surface area contributed by atoms with Crippen LogP contribution >= 0.6 is 11.6 Å². The van der Waals surface area contributed by atoms with Crippen molar-refractivity contribution < 1.29 is 23.9 Å². The first-order valence-electron chi connectivity index (χ1n) is 10.8. The first-order chi connectivity index (χ1) is 16.9. The number of nitro groups is 1. The molecule has 1 aliphatic rings. The zero-order valence-electron chi connectivity index (χ0n) is 19.2. The maximum absolute atomic E-state index is 13.3. The molecule has 10 heteroatoms. The second-order valence-corrected chi connectivity index (χ2v) is 8.30. The maximum atomic E-state index is 13.3. The van der Waals surface area contributed by atoms with Crippen LogP contribution in [-0.4, -0.2) is 43.2 Å². The van der Waals surface area contributed by atoms with Crippen molar-refractivity contribution in [2.75, 3.05) is 32.7 Å². The lowest BCUT2D eigenvalue weighted by Crippen LogP contribution is -2.44. The first kappa shape index (κ1) is 24.2. The molecule has 35 heavy (non-hydrogen) atoms. The van der Waals surface area contributed by atoms with E-state index in [4.69, 9.17) is 25.8 Å². The van der Waals surface area contributed by atoms with Crippen molar-refractivity contribution >= 4 is 29.0 Å². The van der Waals surface area contributed by atoms with E-state index in [1.807, 2.05) is 12.1 Å². The van der Waals surface area contributed by atoms with Crippen LogP contribution in [0, 0.1) is 10.1 Å². The third-order valence-corrected chi connectivity index (χ3v) is 6.03.